The summed E-state index contributed by atoms with van der Waals surface area (Å²) in [5.41, 5.74) is 0. The second-order valence-electron chi connectivity index (χ2n) is 3.37. The molecule has 0 spiro atoms. The fourth-order valence-corrected chi connectivity index (χ4v) is 5.94. The first-order valence-electron chi connectivity index (χ1n) is 5.10. The van der Waals surface area contributed by atoms with E-state index >= 15 is 0 Å². The Labute approximate surface area is 126 Å². The zero-order valence-electron chi connectivity index (χ0n) is 9.98. The van der Waals surface area contributed by atoms with E-state index < -0.39 is 15.8 Å². The van der Waals surface area contributed by atoms with E-state index in [1.807, 2.05) is 12.2 Å². The Balaban J connectivity index is 4.45. The van der Waals surface area contributed by atoms with E-state index in [-0.39, 0.29) is 0 Å². The largest absolute Gasteiger partial charge is 0.442 e. The lowest BCUT2D eigenvalue weighted by molar-refractivity contribution is -0.0617. The molecule has 0 fully saturated rings. The van der Waals surface area contributed by atoms with Crippen molar-refractivity contribution in [2.45, 2.75) is 25.9 Å². The van der Waals surface area contributed by atoms with Crippen molar-refractivity contribution in [1.82, 2.24) is 4.67 Å². The molecule has 0 saturated carbocycles. The van der Waals surface area contributed by atoms with Crippen LogP contribution in [0, 0.1) is 0 Å². The number of nitrogens with zero attached hydrogens (tertiary/aromatic N) is 1. The van der Waals surface area contributed by atoms with Gasteiger partial charge in [0, 0.05) is 12.8 Å². The molecule has 0 rings (SSSR count). The van der Waals surface area contributed by atoms with Gasteiger partial charge in [0.1, 0.15) is 4.59 Å². The molecule has 1 unspecified atom stereocenters. The van der Waals surface area contributed by atoms with Gasteiger partial charge in [0.25, 0.3) is 0 Å². The number of halogens is 3. The second kappa shape index (κ2) is 8.15. The van der Waals surface area contributed by atoms with Gasteiger partial charge in [0.2, 0.25) is 0 Å². The lowest BCUT2D eigenvalue weighted by atomic mass is 10.3. The van der Waals surface area contributed by atoms with Gasteiger partial charge in [-0.1, -0.05) is 60.9 Å². The summed E-state index contributed by atoms with van der Waals surface area (Å²) in [6.45, 7) is 2.05. The zero-order valence-corrected chi connectivity index (χ0v) is 14.2. The molecular weight excluding hydrogens is 338 g/mol. The van der Waals surface area contributed by atoms with E-state index in [1.165, 1.54) is 18.4 Å². The topological polar surface area (TPSA) is 3.24 Å². The van der Waals surface area contributed by atoms with E-state index in [0.29, 0.717) is 5.75 Å². The number of rotatable bonds is 6. The lowest BCUT2D eigenvalue weighted by Gasteiger charge is -2.29. The molecular formula is C9H15F3NPS4. The molecule has 0 saturated heterocycles. The minimum atomic E-state index is -4.53. The molecule has 0 aliphatic carbocycles. The van der Waals surface area contributed by atoms with Crippen LogP contribution in [0.4, 0.5) is 13.2 Å². The summed E-state index contributed by atoms with van der Waals surface area (Å²) in [7, 11) is 1.26. The molecule has 0 N–H and O–H groups in total. The maximum Gasteiger partial charge on any atom is 0.442 e. The summed E-state index contributed by atoms with van der Waals surface area (Å²) < 4.78 is 35.6. The number of hydrogen-bond acceptors (Lipinski definition) is 3. The van der Waals surface area contributed by atoms with Gasteiger partial charge in [-0.2, -0.15) is 13.2 Å². The van der Waals surface area contributed by atoms with Crippen LogP contribution in [-0.2, 0) is 11.8 Å². The van der Waals surface area contributed by atoms with Crippen molar-refractivity contribution in [3.63, 3.8) is 0 Å². The van der Waals surface area contributed by atoms with Gasteiger partial charge in [0.15, 0.2) is 4.99 Å². The number of alkyl halides is 3. The minimum absolute atomic E-state index is 0.547. The van der Waals surface area contributed by atoms with Gasteiger partial charge in [0.05, 0.1) is 0 Å². The van der Waals surface area contributed by atoms with Crippen molar-refractivity contribution >= 4 is 57.2 Å². The van der Waals surface area contributed by atoms with Gasteiger partial charge in [-0.05, 0) is 6.42 Å². The normalized spacial score (nSPS) is 15.7. The molecule has 0 aliphatic rings. The highest BCUT2D eigenvalue weighted by Crippen LogP contribution is 2.66. The summed E-state index contributed by atoms with van der Waals surface area (Å²) >= 11 is 14.9. The highest BCUT2D eigenvalue weighted by molar-refractivity contribution is 8.96. The first-order chi connectivity index (χ1) is 8.13. The number of thiol groups is 1. The van der Waals surface area contributed by atoms with E-state index in [2.05, 4.69) is 31.4 Å². The second-order valence-corrected chi connectivity index (χ2v) is 13.9. The molecule has 0 radical (unpaired) electrons. The van der Waals surface area contributed by atoms with Crippen LogP contribution in [0.1, 0.15) is 19.8 Å². The van der Waals surface area contributed by atoms with Crippen LogP contribution < -0.4 is 0 Å². The summed E-state index contributed by atoms with van der Waals surface area (Å²) in [6, 6.07) is 0. The van der Waals surface area contributed by atoms with Gasteiger partial charge < -0.3 is 4.67 Å². The quantitative estimate of drug-likeness (QED) is 0.308. The molecule has 0 aromatic carbocycles. The summed E-state index contributed by atoms with van der Waals surface area (Å²) in [6.07, 6.45) is 1.34. The predicted octanol–water partition coefficient (Wildman–Crippen LogP) is 5.05. The summed E-state index contributed by atoms with van der Waals surface area (Å²) in [5.74, 6) is 0.547. The molecule has 0 aromatic heterocycles. The minimum Gasteiger partial charge on any atom is -0.318 e. The molecule has 0 amide bonds. The van der Waals surface area contributed by atoms with Crippen LogP contribution in [0.5, 0.6) is 0 Å². The maximum atomic E-state index is 12.5. The summed E-state index contributed by atoms with van der Waals surface area (Å²) in [4.78, 5) is -1.11. The number of hydrogen-bond donors (Lipinski definition) is 1. The molecule has 1 atom stereocenters. The Hall–Kier alpha value is 0.770. The molecule has 9 heteroatoms. The van der Waals surface area contributed by atoms with Gasteiger partial charge in [-0.3, -0.25) is 0 Å². The fourth-order valence-electron chi connectivity index (χ4n) is 0.878. The molecule has 0 heterocycles. The van der Waals surface area contributed by atoms with Crippen molar-refractivity contribution in [3.8, 4) is 0 Å². The third-order valence-electron chi connectivity index (χ3n) is 1.88. The van der Waals surface area contributed by atoms with Crippen LogP contribution >= 0.6 is 40.4 Å². The Kier molecular flexibility index (Phi) is 8.49. The van der Waals surface area contributed by atoms with Crippen molar-refractivity contribution in [2.75, 3.05) is 12.8 Å². The molecule has 18 heavy (non-hydrogen) atoms. The van der Waals surface area contributed by atoms with Gasteiger partial charge in [-0.15, -0.1) is 12.2 Å². The summed E-state index contributed by atoms with van der Waals surface area (Å²) in [5, 5.41) is 0. The van der Waals surface area contributed by atoms with E-state index in [4.69, 9.17) is 11.8 Å². The maximum absolute atomic E-state index is 12.5. The van der Waals surface area contributed by atoms with Crippen molar-refractivity contribution in [2.24, 2.45) is 0 Å². The monoisotopic (exact) mass is 353 g/mol. The predicted molar refractivity (Wildman–Crippen MR) is 86.2 cm³/mol. The van der Waals surface area contributed by atoms with Crippen LogP contribution in [0.3, 0.4) is 0 Å². The Bertz CT molecular complexity index is 356. The van der Waals surface area contributed by atoms with Crippen LogP contribution in [0.15, 0.2) is 12.2 Å². The van der Waals surface area contributed by atoms with Crippen molar-refractivity contribution in [1.29, 1.82) is 0 Å². The Morgan fingerprint density at radius 2 is 2.00 bits per heavy atom. The van der Waals surface area contributed by atoms with Crippen LogP contribution in [0.2, 0.25) is 0 Å². The van der Waals surface area contributed by atoms with E-state index in [0.717, 1.165) is 17.5 Å². The number of thiocarbonyl (C=S) groups is 1. The van der Waals surface area contributed by atoms with Gasteiger partial charge >= 0.3 is 6.18 Å². The molecule has 0 bridgehead atoms. The third kappa shape index (κ3) is 6.80. The highest BCUT2D eigenvalue weighted by atomic mass is 33.2. The first kappa shape index (κ1) is 18.8. The Morgan fingerprint density at radius 1 is 1.44 bits per heavy atom. The average Bonchev–Trinajstić information content (AvgIpc) is 2.25. The smallest absolute Gasteiger partial charge is 0.318 e. The average molecular weight is 353 g/mol. The molecule has 0 aromatic rings. The number of allylic oxidation sites excluding steroid dienone is 1. The standard InChI is InChI=1S/C9H15F3NPS4/c1-3-4-5-6-7-18-14(16,17)13(2)8(15)9(10,11)12/h5-6H,3-4,7H2,1-2H3,(H,16,17). The van der Waals surface area contributed by atoms with Gasteiger partial charge in [-0.25, -0.2) is 0 Å². The Morgan fingerprint density at radius 3 is 2.44 bits per heavy atom. The molecule has 1 nitrogen and oxygen atoms in total. The fraction of sp³-hybridized carbons (Fsp3) is 0.667. The van der Waals surface area contributed by atoms with Crippen LogP contribution in [0.25, 0.3) is 0 Å². The number of unbranched alkanes of at least 4 members (excludes halogenated alkanes) is 1. The lowest BCUT2D eigenvalue weighted by Crippen LogP contribution is -2.33. The van der Waals surface area contributed by atoms with E-state index in [9.17, 15) is 13.2 Å². The highest BCUT2D eigenvalue weighted by Gasteiger charge is 2.40. The van der Waals surface area contributed by atoms with Crippen molar-refractivity contribution < 1.29 is 13.2 Å². The van der Waals surface area contributed by atoms with Crippen molar-refractivity contribution in [3.05, 3.63) is 12.2 Å². The first-order valence-corrected chi connectivity index (χ1v) is 11.0. The van der Waals surface area contributed by atoms with Crippen LogP contribution in [-0.4, -0.2) is 28.6 Å². The molecule has 0 aliphatic heterocycles. The van der Waals surface area contributed by atoms with E-state index in [1.54, 1.807) is 0 Å². The SMILES string of the molecule is CCCC=CCSP(=S)(S)N(C)C(=S)C(F)(F)F. The zero-order chi connectivity index (χ0) is 14.4. The molecule has 106 valence electrons. The third-order valence-corrected chi connectivity index (χ3v) is 9.87.